The zero-order valence-electron chi connectivity index (χ0n) is 13.7. The highest BCUT2D eigenvalue weighted by Crippen LogP contribution is 2.31. The maximum Gasteiger partial charge on any atom is 0.433 e. The molecule has 1 aliphatic rings. The normalized spacial score (nSPS) is 16.7. The first-order valence-electron chi connectivity index (χ1n) is 7.69. The average molecular weight is 357 g/mol. The van der Waals surface area contributed by atoms with Crippen LogP contribution in [0.4, 0.5) is 10.7 Å². The lowest BCUT2D eigenvalue weighted by Crippen LogP contribution is -2.45. The Bertz CT molecular complexity index is 887. The number of ether oxygens (including phenoxy) is 1. The van der Waals surface area contributed by atoms with Gasteiger partial charge in [0.05, 0.1) is 11.6 Å². The molecule has 2 amide bonds. The Kier molecular flexibility index (Phi) is 4.70. The largest absolute Gasteiger partial charge is 0.457 e. The molecule has 0 radical (unpaired) electrons. The van der Waals surface area contributed by atoms with E-state index in [4.69, 9.17) is 9.15 Å². The molecule has 26 heavy (non-hydrogen) atoms. The number of amides is 2. The van der Waals surface area contributed by atoms with Gasteiger partial charge in [-0.05, 0) is 18.6 Å². The Morgan fingerprint density at radius 1 is 1.27 bits per heavy atom. The van der Waals surface area contributed by atoms with Crippen LogP contribution < -0.4 is 10.6 Å². The first-order valence-corrected chi connectivity index (χ1v) is 7.69. The van der Waals surface area contributed by atoms with Gasteiger partial charge in [0.25, 0.3) is 0 Å². The highest BCUT2D eigenvalue weighted by Gasteiger charge is 2.35. The van der Waals surface area contributed by atoms with Gasteiger partial charge in [-0.15, -0.1) is 0 Å². The maximum absolute atomic E-state index is 12.6. The fraction of sp³-hybridized carbons (Fsp3) is 0.176. The van der Waals surface area contributed by atoms with Crippen molar-refractivity contribution >= 4 is 17.9 Å². The number of hydrogen-bond donors (Lipinski definition) is 2. The SMILES string of the molecule is CC1=C(C(=O)OCc2ccccc2)[C@H](c2ccc([N+](=O)[O-])o2)NC(=O)N1. The fourth-order valence-electron chi connectivity index (χ4n) is 2.57. The van der Waals surface area contributed by atoms with Gasteiger partial charge in [-0.1, -0.05) is 30.3 Å². The summed E-state index contributed by atoms with van der Waals surface area (Å²) in [5.74, 6) is -1.08. The zero-order chi connectivity index (χ0) is 18.7. The topological polar surface area (TPSA) is 124 Å². The molecule has 0 aliphatic carbocycles. The van der Waals surface area contributed by atoms with Gasteiger partial charge >= 0.3 is 17.9 Å². The number of hydrogen-bond acceptors (Lipinski definition) is 6. The Morgan fingerprint density at radius 2 is 2.00 bits per heavy atom. The van der Waals surface area contributed by atoms with E-state index in [0.717, 1.165) is 11.6 Å². The molecule has 1 aromatic heterocycles. The third-order valence-electron chi connectivity index (χ3n) is 3.78. The molecule has 2 heterocycles. The summed E-state index contributed by atoms with van der Waals surface area (Å²) in [6.07, 6.45) is 0. The summed E-state index contributed by atoms with van der Waals surface area (Å²) in [5, 5.41) is 15.8. The summed E-state index contributed by atoms with van der Waals surface area (Å²) < 4.78 is 10.5. The summed E-state index contributed by atoms with van der Waals surface area (Å²) in [7, 11) is 0. The number of allylic oxidation sites excluding steroid dienone is 1. The van der Waals surface area contributed by atoms with E-state index < -0.39 is 28.8 Å². The van der Waals surface area contributed by atoms with Crippen molar-refractivity contribution in [1.29, 1.82) is 0 Å². The van der Waals surface area contributed by atoms with Gasteiger partial charge in [0.1, 0.15) is 23.3 Å². The van der Waals surface area contributed by atoms with Crippen LogP contribution in [0.3, 0.4) is 0 Å². The second kappa shape index (κ2) is 7.09. The van der Waals surface area contributed by atoms with Crippen molar-refractivity contribution < 1.29 is 23.7 Å². The summed E-state index contributed by atoms with van der Waals surface area (Å²) in [6.45, 7) is 1.59. The monoisotopic (exact) mass is 357 g/mol. The molecule has 9 heteroatoms. The van der Waals surface area contributed by atoms with Gasteiger partial charge in [0, 0.05) is 5.70 Å². The second-order valence-electron chi connectivity index (χ2n) is 5.56. The number of benzene rings is 1. The second-order valence-corrected chi connectivity index (χ2v) is 5.56. The summed E-state index contributed by atoms with van der Waals surface area (Å²) in [4.78, 5) is 34.4. The molecule has 0 saturated carbocycles. The van der Waals surface area contributed by atoms with Crippen molar-refractivity contribution in [2.75, 3.05) is 0 Å². The van der Waals surface area contributed by atoms with E-state index in [-0.39, 0.29) is 23.6 Å². The highest BCUT2D eigenvalue weighted by molar-refractivity contribution is 5.94. The minimum Gasteiger partial charge on any atom is -0.457 e. The maximum atomic E-state index is 12.6. The molecule has 3 rings (SSSR count). The lowest BCUT2D eigenvalue weighted by atomic mass is 10.0. The number of nitro groups is 1. The van der Waals surface area contributed by atoms with E-state index in [1.807, 2.05) is 30.3 Å². The first-order chi connectivity index (χ1) is 12.5. The van der Waals surface area contributed by atoms with E-state index in [2.05, 4.69) is 10.6 Å². The van der Waals surface area contributed by atoms with E-state index >= 15 is 0 Å². The number of nitrogens with one attached hydrogen (secondary N) is 2. The van der Waals surface area contributed by atoms with Gasteiger partial charge in [0.2, 0.25) is 0 Å². The highest BCUT2D eigenvalue weighted by atomic mass is 16.6. The van der Waals surface area contributed by atoms with Crippen LogP contribution in [0.25, 0.3) is 0 Å². The Balaban J connectivity index is 1.85. The Hall–Kier alpha value is -3.62. The number of carbonyl (C=O) groups excluding carboxylic acids is 2. The van der Waals surface area contributed by atoms with Gasteiger partial charge in [0.15, 0.2) is 0 Å². The van der Waals surface area contributed by atoms with Gasteiger partial charge in [-0.3, -0.25) is 10.1 Å². The summed E-state index contributed by atoms with van der Waals surface area (Å²) >= 11 is 0. The molecule has 1 atom stereocenters. The lowest BCUT2D eigenvalue weighted by molar-refractivity contribution is -0.402. The molecule has 1 aromatic carbocycles. The Labute approximate surface area is 147 Å². The van der Waals surface area contributed by atoms with Crippen molar-refractivity contribution in [2.45, 2.75) is 19.6 Å². The minimum atomic E-state index is -0.985. The number of nitrogens with zero attached hydrogens (tertiary/aromatic N) is 1. The third kappa shape index (κ3) is 3.56. The van der Waals surface area contributed by atoms with Crippen LogP contribution in [0.1, 0.15) is 24.3 Å². The molecule has 0 saturated heterocycles. The van der Waals surface area contributed by atoms with E-state index in [9.17, 15) is 19.7 Å². The van der Waals surface area contributed by atoms with Gasteiger partial charge < -0.3 is 19.8 Å². The molecule has 0 bridgehead atoms. The number of furan rings is 1. The third-order valence-corrected chi connectivity index (χ3v) is 3.78. The van der Waals surface area contributed by atoms with Crippen LogP contribution in [0.15, 0.2) is 58.2 Å². The van der Waals surface area contributed by atoms with Crippen LogP contribution in [0, 0.1) is 10.1 Å². The molecular weight excluding hydrogens is 342 g/mol. The van der Waals surface area contributed by atoms with Crippen molar-refractivity contribution in [2.24, 2.45) is 0 Å². The van der Waals surface area contributed by atoms with Crippen LogP contribution in [0.2, 0.25) is 0 Å². The molecule has 9 nitrogen and oxygen atoms in total. The van der Waals surface area contributed by atoms with Crippen LogP contribution in [0.5, 0.6) is 0 Å². The van der Waals surface area contributed by atoms with Crippen LogP contribution in [-0.4, -0.2) is 16.9 Å². The van der Waals surface area contributed by atoms with Crippen molar-refractivity contribution in [1.82, 2.24) is 10.6 Å². The predicted molar refractivity (Wildman–Crippen MR) is 88.7 cm³/mol. The molecular formula is C17H15N3O6. The van der Waals surface area contributed by atoms with Gasteiger partial charge in [-0.2, -0.15) is 0 Å². The van der Waals surface area contributed by atoms with Crippen molar-refractivity contribution in [3.05, 3.63) is 75.2 Å². The predicted octanol–water partition coefficient (Wildman–Crippen LogP) is 2.56. The quantitative estimate of drug-likeness (QED) is 0.481. The van der Waals surface area contributed by atoms with Gasteiger partial charge in [-0.25, -0.2) is 9.59 Å². The van der Waals surface area contributed by atoms with Crippen LogP contribution in [-0.2, 0) is 16.1 Å². The fourth-order valence-corrected chi connectivity index (χ4v) is 2.57. The molecule has 1 aliphatic heterocycles. The van der Waals surface area contributed by atoms with E-state index in [1.54, 1.807) is 6.92 Å². The molecule has 2 aromatic rings. The van der Waals surface area contributed by atoms with E-state index in [0.29, 0.717) is 0 Å². The molecule has 2 N–H and O–H groups in total. The summed E-state index contributed by atoms with van der Waals surface area (Å²) in [5.41, 5.74) is 1.21. The first kappa shape index (κ1) is 17.2. The Morgan fingerprint density at radius 3 is 2.65 bits per heavy atom. The zero-order valence-corrected chi connectivity index (χ0v) is 13.7. The minimum absolute atomic E-state index is 0.0510. The van der Waals surface area contributed by atoms with Crippen molar-refractivity contribution in [3.63, 3.8) is 0 Å². The lowest BCUT2D eigenvalue weighted by Gasteiger charge is -2.26. The number of esters is 1. The molecule has 0 unspecified atom stereocenters. The smallest absolute Gasteiger partial charge is 0.433 e. The van der Waals surface area contributed by atoms with Crippen molar-refractivity contribution in [3.8, 4) is 0 Å². The number of urea groups is 1. The average Bonchev–Trinajstić information content (AvgIpc) is 3.10. The number of rotatable bonds is 5. The van der Waals surface area contributed by atoms with E-state index in [1.165, 1.54) is 6.07 Å². The number of carbonyl (C=O) groups is 2. The van der Waals surface area contributed by atoms with Crippen LogP contribution >= 0.6 is 0 Å². The molecule has 0 spiro atoms. The standard InChI is InChI=1S/C17H15N3O6/c1-10-14(16(21)25-9-11-5-3-2-4-6-11)15(19-17(22)18-10)12-7-8-13(26-12)20(23)24/h2-8,15H,9H2,1H3,(H2,18,19,22)/t15-/m0/s1. The molecule has 0 fully saturated rings. The summed E-state index contributed by atoms with van der Waals surface area (Å²) in [6, 6.07) is 10.1. The molecule has 134 valence electrons.